The van der Waals surface area contributed by atoms with Crippen LogP contribution in [0.3, 0.4) is 0 Å². The van der Waals surface area contributed by atoms with Crippen molar-refractivity contribution in [3.05, 3.63) is 55.2 Å². The molecule has 1 amide bonds. The molecule has 1 unspecified atom stereocenters. The average Bonchev–Trinajstić information content (AvgIpc) is 2.84. The lowest BCUT2D eigenvalue weighted by molar-refractivity contribution is -0.383. The van der Waals surface area contributed by atoms with Crippen molar-refractivity contribution in [3.8, 4) is 0 Å². The van der Waals surface area contributed by atoms with Gasteiger partial charge in [0.25, 0.3) is 11.6 Å². The van der Waals surface area contributed by atoms with E-state index in [-0.39, 0.29) is 28.9 Å². The lowest BCUT2D eigenvalue weighted by Crippen LogP contribution is -2.26. The molecule has 0 bridgehead atoms. The second-order valence-electron chi connectivity index (χ2n) is 4.37. The van der Waals surface area contributed by atoms with E-state index in [9.17, 15) is 14.9 Å². The molecule has 1 heterocycles. The van der Waals surface area contributed by atoms with Crippen LogP contribution in [-0.4, -0.2) is 10.8 Å². The van der Waals surface area contributed by atoms with Crippen molar-refractivity contribution in [2.75, 3.05) is 5.73 Å². The summed E-state index contributed by atoms with van der Waals surface area (Å²) < 4.78 is 0.644. The van der Waals surface area contributed by atoms with Crippen LogP contribution in [0.15, 0.2) is 30.3 Å². The average molecular weight is 326 g/mol. The van der Waals surface area contributed by atoms with E-state index in [2.05, 4.69) is 5.32 Å². The fourth-order valence-corrected chi connectivity index (χ4v) is 2.84. The molecule has 0 aliphatic rings. The van der Waals surface area contributed by atoms with Gasteiger partial charge in [-0.25, -0.2) is 0 Å². The third-order valence-electron chi connectivity index (χ3n) is 2.85. The molecular formula is C13H12ClN3O3S. The first-order valence-corrected chi connectivity index (χ1v) is 7.18. The summed E-state index contributed by atoms with van der Waals surface area (Å²) in [6.07, 6.45) is 0. The zero-order valence-corrected chi connectivity index (χ0v) is 12.6. The number of nitrogens with zero attached hydrogens (tertiary/aromatic N) is 1. The molecule has 8 heteroatoms. The number of hydrogen-bond donors (Lipinski definition) is 2. The van der Waals surface area contributed by atoms with Crippen LogP contribution in [0.4, 0.5) is 11.4 Å². The zero-order chi connectivity index (χ0) is 15.6. The first-order valence-electron chi connectivity index (χ1n) is 5.98. The van der Waals surface area contributed by atoms with Crippen LogP contribution < -0.4 is 11.1 Å². The van der Waals surface area contributed by atoms with E-state index in [4.69, 9.17) is 17.3 Å². The number of rotatable bonds is 4. The highest BCUT2D eigenvalue weighted by atomic mass is 35.5. The second-order valence-corrected chi connectivity index (χ2v) is 6.11. The maximum atomic E-state index is 12.1. The molecule has 1 aromatic carbocycles. The van der Waals surface area contributed by atoms with Crippen LogP contribution in [0.1, 0.15) is 28.2 Å². The molecule has 21 heavy (non-hydrogen) atoms. The van der Waals surface area contributed by atoms with E-state index >= 15 is 0 Å². The van der Waals surface area contributed by atoms with Crippen molar-refractivity contribution in [3.63, 3.8) is 0 Å². The van der Waals surface area contributed by atoms with Gasteiger partial charge in [0.05, 0.1) is 15.3 Å². The van der Waals surface area contributed by atoms with Gasteiger partial charge in [-0.15, -0.1) is 11.3 Å². The highest BCUT2D eigenvalue weighted by molar-refractivity contribution is 7.16. The van der Waals surface area contributed by atoms with Crippen LogP contribution in [-0.2, 0) is 0 Å². The molecule has 0 fully saturated rings. The molecular weight excluding hydrogens is 314 g/mol. The summed E-state index contributed by atoms with van der Waals surface area (Å²) >= 11 is 7.23. The Morgan fingerprint density at radius 1 is 1.43 bits per heavy atom. The number of nitrogens with two attached hydrogens (primary N) is 1. The number of nitrogens with one attached hydrogen (secondary N) is 1. The first kappa shape index (κ1) is 15.3. The summed E-state index contributed by atoms with van der Waals surface area (Å²) in [6.45, 7) is 1.83. The number of carbonyl (C=O) groups is 1. The molecule has 0 saturated carbocycles. The van der Waals surface area contributed by atoms with E-state index in [0.717, 1.165) is 4.88 Å². The molecule has 0 aliphatic carbocycles. The number of anilines is 1. The van der Waals surface area contributed by atoms with E-state index < -0.39 is 4.92 Å². The van der Waals surface area contributed by atoms with Crippen LogP contribution in [0.5, 0.6) is 0 Å². The number of carbonyl (C=O) groups excluding carboxylic acids is 1. The smallest absolute Gasteiger partial charge is 0.292 e. The molecule has 2 aromatic rings. The summed E-state index contributed by atoms with van der Waals surface area (Å²) in [6, 6.07) is 7.26. The van der Waals surface area contributed by atoms with Crippen molar-refractivity contribution in [2.24, 2.45) is 0 Å². The normalized spacial score (nSPS) is 11.9. The Balaban J connectivity index is 2.13. The van der Waals surface area contributed by atoms with E-state index in [1.54, 1.807) is 6.07 Å². The zero-order valence-electron chi connectivity index (χ0n) is 11.0. The minimum atomic E-state index is -0.590. The number of thiophene rings is 1. The number of halogens is 1. The standard InChI is InChI=1S/C13H12ClN3O3S/c1-7(11-4-5-12(14)21-11)16-13(18)8-2-3-10(17(19)20)9(15)6-8/h2-7H,15H2,1H3,(H,16,18). The molecule has 0 saturated heterocycles. The Bertz CT molecular complexity index is 702. The van der Waals surface area contributed by atoms with Crippen molar-refractivity contribution in [1.29, 1.82) is 0 Å². The van der Waals surface area contributed by atoms with Gasteiger partial charge in [0.1, 0.15) is 5.69 Å². The SMILES string of the molecule is CC(NC(=O)c1ccc([N+](=O)[O-])c(N)c1)c1ccc(Cl)s1. The van der Waals surface area contributed by atoms with Gasteiger partial charge < -0.3 is 11.1 Å². The number of amides is 1. The third-order valence-corrected chi connectivity index (χ3v) is 4.27. The monoisotopic (exact) mass is 325 g/mol. The number of nitro benzene ring substituents is 1. The van der Waals surface area contributed by atoms with Crippen LogP contribution in [0.25, 0.3) is 0 Å². The number of nitro groups is 1. The number of nitrogen functional groups attached to an aromatic ring is 1. The third kappa shape index (κ3) is 3.50. The Hall–Kier alpha value is -2.12. The molecule has 1 aromatic heterocycles. The van der Waals surface area contributed by atoms with E-state index in [1.807, 2.05) is 13.0 Å². The predicted molar refractivity (Wildman–Crippen MR) is 82.7 cm³/mol. The van der Waals surface area contributed by atoms with E-state index in [1.165, 1.54) is 29.5 Å². The highest BCUT2D eigenvalue weighted by Gasteiger charge is 2.17. The van der Waals surface area contributed by atoms with Gasteiger partial charge in [-0.3, -0.25) is 14.9 Å². The lowest BCUT2D eigenvalue weighted by Gasteiger charge is -2.12. The Morgan fingerprint density at radius 2 is 2.14 bits per heavy atom. The van der Waals surface area contributed by atoms with Gasteiger partial charge in [0, 0.05) is 16.5 Å². The number of benzene rings is 1. The number of hydrogen-bond acceptors (Lipinski definition) is 5. The van der Waals surface area contributed by atoms with Crippen LogP contribution >= 0.6 is 22.9 Å². The van der Waals surface area contributed by atoms with Crippen LogP contribution in [0, 0.1) is 10.1 Å². The Morgan fingerprint density at radius 3 is 2.67 bits per heavy atom. The summed E-state index contributed by atoms with van der Waals surface area (Å²) in [5, 5.41) is 13.5. The molecule has 6 nitrogen and oxygen atoms in total. The van der Waals surface area contributed by atoms with Gasteiger partial charge in [0.15, 0.2) is 0 Å². The minimum absolute atomic E-state index is 0.0422. The summed E-state index contributed by atoms with van der Waals surface area (Å²) in [4.78, 5) is 23.1. The molecule has 110 valence electrons. The summed E-state index contributed by atoms with van der Waals surface area (Å²) in [5.41, 5.74) is 5.58. The molecule has 0 aliphatic heterocycles. The molecule has 1 atom stereocenters. The van der Waals surface area contributed by atoms with Crippen molar-refractivity contribution in [1.82, 2.24) is 5.32 Å². The highest BCUT2D eigenvalue weighted by Crippen LogP contribution is 2.27. The topological polar surface area (TPSA) is 98.3 Å². The second kappa shape index (κ2) is 6.11. The molecule has 0 spiro atoms. The van der Waals surface area contributed by atoms with Gasteiger partial charge in [-0.2, -0.15) is 0 Å². The fourth-order valence-electron chi connectivity index (χ4n) is 1.77. The first-order chi connectivity index (χ1) is 9.88. The van der Waals surface area contributed by atoms with Gasteiger partial charge in [0.2, 0.25) is 0 Å². The molecule has 0 radical (unpaired) electrons. The van der Waals surface area contributed by atoms with Crippen molar-refractivity contribution in [2.45, 2.75) is 13.0 Å². The van der Waals surface area contributed by atoms with Crippen molar-refractivity contribution < 1.29 is 9.72 Å². The molecule has 2 rings (SSSR count). The maximum absolute atomic E-state index is 12.1. The van der Waals surface area contributed by atoms with Gasteiger partial charge in [-0.05, 0) is 31.2 Å². The van der Waals surface area contributed by atoms with Gasteiger partial charge in [-0.1, -0.05) is 11.6 Å². The minimum Gasteiger partial charge on any atom is -0.393 e. The quantitative estimate of drug-likeness (QED) is 0.511. The predicted octanol–water partition coefficient (Wildman–Crippen LogP) is 3.38. The summed E-state index contributed by atoms with van der Waals surface area (Å²) in [5.74, 6) is -0.353. The summed E-state index contributed by atoms with van der Waals surface area (Å²) in [7, 11) is 0. The maximum Gasteiger partial charge on any atom is 0.292 e. The van der Waals surface area contributed by atoms with E-state index in [0.29, 0.717) is 4.34 Å². The molecule has 3 N–H and O–H groups in total. The Kier molecular flexibility index (Phi) is 4.44. The van der Waals surface area contributed by atoms with Crippen molar-refractivity contribution >= 4 is 40.2 Å². The fraction of sp³-hybridized carbons (Fsp3) is 0.154. The largest absolute Gasteiger partial charge is 0.393 e. The van der Waals surface area contributed by atoms with Gasteiger partial charge >= 0.3 is 0 Å². The lowest BCUT2D eigenvalue weighted by atomic mass is 10.1. The van der Waals surface area contributed by atoms with Crippen LogP contribution in [0.2, 0.25) is 4.34 Å². The Labute approximate surface area is 129 Å².